The van der Waals surface area contributed by atoms with E-state index in [2.05, 4.69) is 10.5 Å². The normalized spacial score (nSPS) is 12.2. The highest BCUT2D eigenvalue weighted by molar-refractivity contribution is 7.84. The molecule has 1 N–H and O–H groups in total. The molecule has 2 aromatic carbocycles. The van der Waals surface area contributed by atoms with Gasteiger partial charge in [-0.3, -0.25) is 9.00 Å². The van der Waals surface area contributed by atoms with Crippen LogP contribution in [0.4, 0.5) is 0 Å². The van der Waals surface area contributed by atoms with Gasteiger partial charge in [0.05, 0.1) is 6.42 Å². The number of carbonyl (C=O) groups excluding carboxylic acids is 1. The first kappa shape index (κ1) is 16.4. The van der Waals surface area contributed by atoms with Crippen molar-refractivity contribution in [3.63, 3.8) is 0 Å². The zero-order chi connectivity index (χ0) is 16.8. The van der Waals surface area contributed by atoms with Gasteiger partial charge in [0.25, 0.3) is 0 Å². The molecule has 0 spiro atoms. The topological polar surface area (TPSA) is 72.2 Å². The fraction of sp³-hybridized carbons (Fsp3) is 0.222. The van der Waals surface area contributed by atoms with Gasteiger partial charge >= 0.3 is 0 Å². The maximum absolute atomic E-state index is 12.0. The van der Waals surface area contributed by atoms with Crippen molar-refractivity contribution in [2.24, 2.45) is 0 Å². The summed E-state index contributed by atoms with van der Waals surface area (Å²) in [7, 11) is -0.997. The van der Waals surface area contributed by atoms with Crippen molar-refractivity contribution < 1.29 is 13.5 Å². The number of amides is 1. The van der Waals surface area contributed by atoms with Crippen molar-refractivity contribution in [2.45, 2.75) is 12.2 Å². The third kappa shape index (κ3) is 4.29. The molecule has 6 heteroatoms. The standard InChI is InChI=1S/C18H18N2O3S/c21-18(12-16-15-8-4-5-9-17(15)23-20-16)19-10-11-24(22)13-14-6-2-1-3-7-14/h1-9H,10-13H2,(H,19,21)/t24-/m0/s1. The summed E-state index contributed by atoms with van der Waals surface area (Å²) in [6.07, 6.45) is 0.155. The van der Waals surface area contributed by atoms with Crippen LogP contribution < -0.4 is 5.32 Å². The summed E-state index contributed by atoms with van der Waals surface area (Å²) < 4.78 is 17.2. The molecule has 0 saturated carbocycles. The number of nitrogens with zero attached hydrogens (tertiary/aromatic N) is 1. The number of fused-ring (bicyclic) bond motifs is 1. The van der Waals surface area contributed by atoms with Gasteiger partial charge in [0, 0.05) is 34.2 Å². The van der Waals surface area contributed by atoms with Crippen molar-refractivity contribution in [3.8, 4) is 0 Å². The molecule has 1 heterocycles. The molecule has 124 valence electrons. The minimum absolute atomic E-state index is 0.147. The number of rotatable bonds is 7. The molecule has 1 aromatic heterocycles. The van der Waals surface area contributed by atoms with E-state index < -0.39 is 10.8 Å². The average Bonchev–Trinajstić information content (AvgIpc) is 2.99. The number of hydrogen-bond donors (Lipinski definition) is 1. The van der Waals surface area contributed by atoms with Crippen LogP contribution in [0.3, 0.4) is 0 Å². The van der Waals surface area contributed by atoms with Crippen LogP contribution in [0, 0.1) is 0 Å². The van der Waals surface area contributed by atoms with Crippen LogP contribution in [-0.4, -0.2) is 27.6 Å². The number of aromatic nitrogens is 1. The zero-order valence-electron chi connectivity index (χ0n) is 13.1. The van der Waals surface area contributed by atoms with E-state index in [1.54, 1.807) is 0 Å². The van der Waals surface area contributed by atoms with Gasteiger partial charge in [-0.1, -0.05) is 47.6 Å². The highest BCUT2D eigenvalue weighted by Crippen LogP contribution is 2.17. The summed E-state index contributed by atoms with van der Waals surface area (Å²) in [5, 5.41) is 7.57. The molecule has 1 amide bonds. The van der Waals surface area contributed by atoms with Crippen LogP contribution in [0.2, 0.25) is 0 Å². The highest BCUT2D eigenvalue weighted by Gasteiger charge is 2.12. The first-order valence-corrected chi connectivity index (χ1v) is 9.20. The van der Waals surface area contributed by atoms with Gasteiger partial charge in [-0.05, 0) is 17.7 Å². The lowest BCUT2D eigenvalue weighted by Crippen LogP contribution is -2.29. The van der Waals surface area contributed by atoms with Gasteiger partial charge in [0.2, 0.25) is 5.91 Å². The maximum atomic E-state index is 12.0. The molecule has 0 bridgehead atoms. The molecular formula is C18H18N2O3S. The lowest BCUT2D eigenvalue weighted by Gasteiger charge is -2.05. The third-order valence-electron chi connectivity index (χ3n) is 3.60. The SMILES string of the molecule is O=C(Cc1noc2ccccc12)NCC[S@](=O)Cc1ccccc1. The van der Waals surface area contributed by atoms with Crippen molar-refractivity contribution in [3.05, 3.63) is 65.9 Å². The molecule has 0 fully saturated rings. The number of benzene rings is 2. The molecule has 1 atom stereocenters. The monoisotopic (exact) mass is 342 g/mol. The molecule has 0 aliphatic carbocycles. The van der Waals surface area contributed by atoms with Crippen LogP contribution in [0.1, 0.15) is 11.3 Å². The summed E-state index contributed by atoms with van der Waals surface area (Å²) in [5.74, 6) is 0.788. The summed E-state index contributed by atoms with van der Waals surface area (Å²) in [4.78, 5) is 12.0. The molecule has 3 rings (SSSR count). The first-order chi connectivity index (χ1) is 11.7. The van der Waals surface area contributed by atoms with E-state index in [-0.39, 0.29) is 12.3 Å². The lowest BCUT2D eigenvalue weighted by atomic mass is 10.2. The number of nitrogens with one attached hydrogen (secondary N) is 1. The van der Waals surface area contributed by atoms with E-state index in [9.17, 15) is 9.00 Å². The Morgan fingerprint density at radius 3 is 2.67 bits per heavy atom. The molecular weight excluding hydrogens is 324 g/mol. The number of hydrogen-bond acceptors (Lipinski definition) is 4. The van der Waals surface area contributed by atoms with Crippen molar-refractivity contribution >= 4 is 27.7 Å². The van der Waals surface area contributed by atoms with Crippen LogP contribution in [0.25, 0.3) is 11.0 Å². The fourth-order valence-electron chi connectivity index (χ4n) is 2.42. The lowest BCUT2D eigenvalue weighted by molar-refractivity contribution is -0.120. The number of para-hydroxylation sites is 1. The Balaban J connectivity index is 1.45. The molecule has 24 heavy (non-hydrogen) atoms. The summed E-state index contributed by atoms with van der Waals surface area (Å²) >= 11 is 0. The Morgan fingerprint density at radius 2 is 1.83 bits per heavy atom. The van der Waals surface area contributed by atoms with Gasteiger partial charge in [-0.25, -0.2) is 0 Å². The van der Waals surface area contributed by atoms with E-state index in [1.165, 1.54) is 0 Å². The van der Waals surface area contributed by atoms with E-state index in [0.29, 0.717) is 29.3 Å². The second-order valence-electron chi connectivity index (χ2n) is 5.43. The van der Waals surface area contributed by atoms with Gasteiger partial charge in [-0.15, -0.1) is 0 Å². The quantitative estimate of drug-likeness (QED) is 0.716. The number of carbonyl (C=O) groups is 1. The molecule has 0 aliphatic rings. The Kier molecular flexibility index (Phi) is 5.38. The van der Waals surface area contributed by atoms with Gasteiger partial charge in [-0.2, -0.15) is 0 Å². The second-order valence-corrected chi connectivity index (χ2v) is 7.00. The molecule has 0 unspecified atom stereocenters. The predicted octanol–water partition coefficient (Wildman–Crippen LogP) is 2.44. The van der Waals surface area contributed by atoms with Gasteiger partial charge < -0.3 is 9.84 Å². The van der Waals surface area contributed by atoms with Gasteiger partial charge in [0.15, 0.2) is 5.58 Å². The van der Waals surface area contributed by atoms with E-state index in [4.69, 9.17) is 4.52 Å². The van der Waals surface area contributed by atoms with Crippen LogP contribution in [-0.2, 0) is 27.8 Å². The fourth-order valence-corrected chi connectivity index (χ4v) is 3.46. The van der Waals surface area contributed by atoms with Crippen molar-refractivity contribution in [1.82, 2.24) is 10.5 Å². The van der Waals surface area contributed by atoms with Crippen LogP contribution >= 0.6 is 0 Å². The van der Waals surface area contributed by atoms with Crippen molar-refractivity contribution in [2.75, 3.05) is 12.3 Å². The Hall–Kier alpha value is -2.47. The summed E-state index contributed by atoms with van der Waals surface area (Å²) in [5.41, 5.74) is 2.33. The Bertz CT molecular complexity index is 846. The smallest absolute Gasteiger partial charge is 0.226 e. The zero-order valence-corrected chi connectivity index (χ0v) is 13.9. The minimum Gasteiger partial charge on any atom is -0.356 e. The largest absolute Gasteiger partial charge is 0.356 e. The predicted molar refractivity (Wildman–Crippen MR) is 93.9 cm³/mol. The average molecular weight is 342 g/mol. The molecule has 0 radical (unpaired) electrons. The maximum Gasteiger partial charge on any atom is 0.226 e. The molecule has 5 nitrogen and oxygen atoms in total. The summed E-state index contributed by atoms with van der Waals surface area (Å²) in [6, 6.07) is 17.1. The summed E-state index contributed by atoms with van der Waals surface area (Å²) in [6.45, 7) is 0.383. The van der Waals surface area contributed by atoms with E-state index in [0.717, 1.165) is 10.9 Å². The van der Waals surface area contributed by atoms with Crippen LogP contribution in [0.15, 0.2) is 59.1 Å². The third-order valence-corrected chi connectivity index (χ3v) is 4.92. The minimum atomic E-state index is -0.997. The highest BCUT2D eigenvalue weighted by atomic mass is 32.2. The second kappa shape index (κ2) is 7.88. The van der Waals surface area contributed by atoms with Crippen molar-refractivity contribution in [1.29, 1.82) is 0 Å². The molecule has 3 aromatic rings. The molecule has 0 aliphatic heterocycles. The van der Waals surface area contributed by atoms with Gasteiger partial charge in [0.1, 0.15) is 5.69 Å². The van der Waals surface area contributed by atoms with Crippen LogP contribution in [0.5, 0.6) is 0 Å². The Morgan fingerprint density at radius 1 is 1.08 bits per heavy atom. The van der Waals surface area contributed by atoms with E-state index >= 15 is 0 Å². The first-order valence-electron chi connectivity index (χ1n) is 7.71. The molecule has 0 saturated heterocycles. The van der Waals surface area contributed by atoms with E-state index in [1.807, 2.05) is 54.6 Å². The Labute approximate surface area is 142 Å².